The number of ether oxygens (including phenoxy) is 1. The minimum atomic E-state index is -0.224. The van der Waals surface area contributed by atoms with E-state index in [0.717, 1.165) is 5.56 Å². The molecule has 0 heterocycles. The van der Waals surface area contributed by atoms with Crippen LogP contribution in [0, 0.1) is 17.3 Å². The number of rotatable bonds is 2. The van der Waals surface area contributed by atoms with Gasteiger partial charge in [0, 0.05) is 17.4 Å². The summed E-state index contributed by atoms with van der Waals surface area (Å²) in [5, 5.41) is 0. The summed E-state index contributed by atoms with van der Waals surface area (Å²) >= 11 is 0. The van der Waals surface area contributed by atoms with Crippen molar-refractivity contribution in [1.29, 1.82) is 0 Å². The lowest BCUT2D eigenvalue weighted by Crippen LogP contribution is -2.05. The van der Waals surface area contributed by atoms with E-state index >= 15 is 0 Å². The highest BCUT2D eigenvalue weighted by molar-refractivity contribution is 5.71. The van der Waals surface area contributed by atoms with Crippen molar-refractivity contribution in [2.75, 3.05) is 0 Å². The maximum atomic E-state index is 11.1. The molecule has 1 rings (SSSR count). The van der Waals surface area contributed by atoms with Gasteiger partial charge in [0.15, 0.2) is 0 Å². The van der Waals surface area contributed by atoms with Crippen LogP contribution in [0.25, 0.3) is 0 Å². The van der Waals surface area contributed by atoms with Crippen LogP contribution in [0.1, 0.15) is 39.7 Å². The number of hydrogen-bond donors (Lipinski definition) is 0. The maximum Gasteiger partial charge on any atom is 0.310 e. The summed E-state index contributed by atoms with van der Waals surface area (Å²) in [5.41, 5.74) is 0.920. The molecule has 17 heavy (non-hydrogen) atoms. The second-order valence-electron chi connectivity index (χ2n) is 4.85. The van der Waals surface area contributed by atoms with Gasteiger partial charge in [-0.2, -0.15) is 0 Å². The third kappa shape index (κ3) is 5.21. The first-order valence-electron chi connectivity index (χ1n) is 5.74. The average Bonchev–Trinajstić information content (AvgIpc) is 2.27. The minimum Gasteiger partial charge on any atom is -0.427 e. The van der Waals surface area contributed by atoms with E-state index in [2.05, 4.69) is 32.6 Å². The number of hydrogen-bond acceptors (Lipinski definition) is 2. The molecule has 0 bridgehead atoms. The molecule has 0 aliphatic heterocycles. The van der Waals surface area contributed by atoms with Crippen molar-refractivity contribution >= 4 is 5.97 Å². The average molecular weight is 230 g/mol. The van der Waals surface area contributed by atoms with Crippen LogP contribution in [0.4, 0.5) is 0 Å². The van der Waals surface area contributed by atoms with Crippen molar-refractivity contribution in [3.63, 3.8) is 0 Å². The van der Waals surface area contributed by atoms with Gasteiger partial charge in [0.1, 0.15) is 5.75 Å². The van der Waals surface area contributed by atoms with Crippen molar-refractivity contribution in [3.8, 4) is 17.6 Å². The summed E-state index contributed by atoms with van der Waals surface area (Å²) in [5.74, 6) is 6.58. The number of carbonyl (C=O) groups is 1. The second kappa shape index (κ2) is 5.54. The molecule has 2 nitrogen and oxygen atoms in total. The molecule has 0 unspecified atom stereocenters. The van der Waals surface area contributed by atoms with E-state index in [1.165, 1.54) is 0 Å². The van der Waals surface area contributed by atoms with Gasteiger partial charge in [-0.05, 0) is 45.0 Å². The molecule has 0 aliphatic rings. The molecule has 2 heteroatoms. The van der Waals surface area contributed by atoms with Crippen molar-refractivity contribution in [1.82, 2.24) is 0 Å². The molecule has 0 radical (unpaired) electrons. The Hall–Kier alpha value is -1.75. The molecular formula is C15H18O2. The van der Waals surface area contributed by atoms with Gasteiger partial charge in [-0.1, -0.05) is 18.8 Å². The molecule has 0 aromatic heterocycles. The van der Waals surface area contributed by atoms with Gasteiger partial charge in [0.05, 0.1) is 0 Å². The van der Waals surface area contributed by atoms with Gasteiger partial charge in [-0.15, -0.1) is 0 Å². The molecule has 0 fully saturated rings. The second-order valence-corrected chi connectivity index (χ2v) is 4.85. The molecule has 0 amide bonds. The van der Waals surface area contributed by atoms with Gasteiger partial charge >= 0.3 is 5.97 Å². The number of carbonyl (C=O) groups excluding carboxylic acids is 1. The molecule has 0 spiro atoms. The van der Waals surface area contributed by atoms with Crippen LogP contribution in [0.15, 0.2) is 24.3 Å². The van der Waals surface area contributed by atoms with E-state index in [4.69, 9.17) is 4.74 Å². The fourth-order valence-electron chi connectivity index (χ4n) is 1.07. The molecule has 0 saturated carbocycles. The van der Waals surface area contributed by atoms with Crippen molar-refractivity contribution < 1.29 is 9.53 Å². The topological polar surface area (TPSA) is 26.3 Å². The molecule has 1 aromatic rings. The zero-order valence-corrected chi connectivity index (χ0v) is 10.8. The third-order valence-corrected chi connectivity index (χ3v) is 1.96. The van der Waals surface area contributed by atoms with E-state index in [1.54, 1.807) is 19.1 Å². The van der Waals surface area contributed by atoms with Crippen molar-refractivity contribution in [2.45, 2.75) is 34.1 Å². The monoisotopic (exact) mass is 230 g/mol. The standard InChI is InChI=1S/C15H18O2/c1-5-14(16)17-13-8-6-12(7-9-13)10-11-15(2,3)4/h6-9H,5H2,1-4H3. The van der Waals surface area contributed by atoms with Gasteiger partial charge in [0.25, 0.3) is 0 Å². The lowest BCUT2D eigenvalue weighted by atomic mass is 9.97. The van der Waals surface area contributed by atoms with Crippen molar-refractivity contribution in [3.05, 3.63) is 29.8 Å². The predicted molar refractivity (Wildman–Crippen MR) is 68.7 cm³/mol. The molecule has 90 valence electrons. The Labute approximate surface area is 103 Å². The van der Waals surface area contributed by atoms with Crippen molar-refractivity contribution in [2.24, 2.45) is 5.41 Å². The Morgan fingerprint density at radius 1 is 1.24 bits per heavy atom. The van der Waals surface area contributed by atoms with Gasteiger partial charge in [0.2, 0.25) is 0 Å². The highest BCUT2D eigenvalue weighted by atomic mass is 16.5. The van der Waals surface area contributed by atoms with Gasteiger partial charge < -0.3 is 4.74 Å². The Morgan fingerprint density at radius 2 is 1.82 bits per heavy atom. The van der Waals surface area contributed by atoms with Crippen LogP contribution >= 0.6 is 0 Å². The Kier molecular flexibility index (Phi) is 4.34. The molecule has 0 saturated heterocycles. The van der Waals surface area contributed by atoms with E-state index in [9.17, 15) is 4.79 Å². The summed E-state index contributed by atoms with van der Waals surface area (Å²) in [7, 11) is 0. The predicted octanol–water partition coefficient (Wildman–Crippen LogP) is 3.40. The Balaban J connectivity index is 2.74. The fraction of sp³-hybridized carbons (Fsp3) is 0.400. The quantitative estimate of drug-likeness (QED) is 0.442. The van der Waals surface area contributed by atoms with E-state index in [0.29, 0.717) is 12.2 Å². The summed E-state index contributed by atoms with van der Waals surface area (Å²) < 4.78 is 5.08. The smallest absolute Gasteiger partial charge is 0.310 e. The van der Waals surface area contributed by atoms with E-state index in [-0.39, 0.29) is 11.4 Å². The summed E-state index contributed by atoms with van der Waals surface area (Å²) in [4.78, 5) is 11.1. The molecule has 0 aliphatic carbocycles. The maximum absolute atomic E-state index is 11.1. The zero-order valence-electron chi connectivity index (χ0n) is 10.8. The van der Waals surface area contributed by atoms with Crippen LogP contribution in [-0.4, -0.2) is 5.97 Å². The lowest BCUT2D eigenvalue weighted by molar-refractivity contribution is -0.134. The lowest BCUT2D eigenvalue weighted by Gasteiger charge is -2.07. The van der Waals surface area contributed by atoms with Gasteiger partial charge in [-0.3, -0.25) is 4.79 Å². The van der Waals surface area contributed by atoms with E-state index in [1.807, 2.05) is 12.1 Å². The van der Waals surface area contributed by atoms with Crippen LogP contribution in [0.3, 0.4) is 0 Å². The fourth-order valence-corrected chi connectivity index (χ4v) is 1.07. The first kappa shape index (κ1) is 13.3. The SMILES string of the molecule is CCC(=O)Oc1ccc(C#CC(C)(C)C)cc1. The molecule has 0 atom stereocenters. The summed E-state index contributed by atoms with van der Waals surface area (Å²) in [6.45, 7) is 7.97. The first-order valence-corrected chi connectivity index (χ1v) is 5.74. The van der Waals surface area contributed by atoms with Crippen LogP contribution in [0.2, 0.25) is 0 Å². The Bertz CT molecular complexity index is 439. The zero-order chi connectivity index (χ0) is 12.9. The van der Waals surface area contributed by atoms with Crippen LogP contribution < -0.4 is 4.74 Å². The Morgan fingerprint density at radius 3 is 2.29 bits per heavy atom. The highest BCUT2D eigenvalue weighted by Crippen LogP contribution is 2.14. The van der Waals surface area contributed by atoms with Crippen LogP contribution in [-0.2, 0) is 4.79 Å². The molecule has 1 aromatic carbocycles. The third-order valence-electron chi connectivity index (χ3n) is 1.96. The molecule has 0 N–H and O–H groups in total. The largest absolute Gasteiger partial charge is 0.427 e. The highest BCUT2D eigenvalue weighted by Gasteiger charge is 2.04. The van der Waals surface area contributed by atoms with Crippen LogP contribution in [0.5, 0.6) is 5.75 Å². The number of benzene rings is 1. The first-order chi connectivity index (χ1) is 7.90. The van der Waals surface area contributed by atoms with E-state index < -0.39 is 0 Å². The summed E-state index contributed by atoms with van der Waals surface area (Å²) in [6.07, 6.45) is 0.381. The summed E-state index contributed by atoms with van der Waals surface area (Å²) in [6, 6.07) is 7.24. The normalized spacial score (nSPS) is 10.4. The minimum absolute atomic E-state index is 0.00660. The number of esters is 1. The molecular weight excluding hydrogens is 212 g/mol. The van der Waals surface area contributed by atoms with Gasteiger partial charge in [-0.25, -0.2) is 0 Å².